The van der Waals surface area contributed by atoms with E-state index in [1.165, 1.54) is 16.7 Å². The van der Waals surface area contributed by atoms with E-state index in [-0.39, 0.29) is 17.9 Å². The van der Waals surface area contributed by atoms with Crippen LogP contribution >= 0.6 is 0 Å². The Labute approximate surface area is 153 Å². The van der Waals surface area contributed by atoms with Crippen LogP contribution in [0.3, 0.4) is 0 Å². The van der Waals surface area contributed by atoms with Gasteiger partial charge in [-0.05, 0) is 30.0 Å². The summed E-state index contributed by atoms with van der Waals surface area (Å²) in [5.74, 6) is 0.0786. The molecule has 3 aromatic rings. The zero-order valence-corrected chi connectivity index (χ0v) is 14.7. The quantitative estimate of drug-likeness (QED) is 0.713. The average molecular weight is 343 g/mol. The van der Waals surface area contributed by atoms with E-state index in [0.29, 0.717) is 12.2 Å². The van der Waals surface area contributed by atoms with Crippen LogP contribution < -0.4 is 0 Å². The molecule has 0 saturated carbocycles. The molecule has 26 heavy (non-hydrogen) atoms. The standard InChI is InChI=1S/C22H21N3O/c1-16-21(18-8-3-2-4-9-18)19-10-6-5-7-17(19)11-14-25(16)22(26)20-15-23-12-13-24-20/h2-10,12-13,15-16,21H,11,14H2,1H3/t16-,21-/m0/s1. The van der Waals surface area contributed by atoms with Crippen LogP contribution in [0.15, 0.2) is 73.2 Å². The molecule has 0 fully saturated rings. The minimum atomic E-state index is -0.0562. The Morgan fingerprint density at radius 1 is 1.04 bits per heavy atom. The number of benzene rings is 2. The van der Waals surface area contributed by atoms with Gasteiger partial charge in [0.25, 0.3) is 5.91 Å². The molecule has 2 atom stereocenters. The molecule has 0 unspecified atom stereocenters. The predicted octanol–water partition coefficient (Wildman–Crippen LogP) is 3.70. The normalized spacial score (nSPS) is 19.5. The summed E-state index contributed by atoms with van der Waals surface area (Å²) >= 11 is 0. The van der Waals surface area contributed by atoms with Crippen molar-refractivity contribution in [2.75, 3.05) is 6.54 Å². The smallest absolute Gasteiger partial charge is 0.274 e. The number of hydrogen-bond donors (Lipinski definition) is 0. The van der Waals surface area contributed by atoms with Crippen molar-refractivity contribution in [1.82, 2.24) is 14.9 Å². The first-order valence-electron chi connectivity index (χ1n) is 8.95. The molecule has 2 heterocycles. The second-order valence-electron chi connectivity index (χ2n) is 6.67. The maximum Gasteiger partial charge on any atom is 0.274 e. The lowest BCUT2D eigenvalue weighted by Crippen LogP contribution is -2.42. The third-order valence-corrected chi connectivity index (χ3v) is 5.19. The van der Waals surface area contributed by atoms with E-state index >= 15 is 0 Å². The SMILES string of the molecule is C[C@H]1[C@@H](c2ccccc2)c2ccccc2CCN1C(=O)c1cnccn1. The molecule has 0 saturated heterocycles. The molecule has 4 heteroatoms. The molecule has 1 aromatic heterocycles. The van der Waals surface area contributed by atoms with E-state index in [4.69, 9.17) is 0 Å². The van der Waals surface area contributed by atoms with Gasteiger partial charge in [-0.25, -0.2) is 4.98 Å². The van der Waals surface area contributed by atoms with Gasteiger partial charge in [-0.1, -0.05) is 54.6 Å². The van der Waals surface area contributed by atoms with E-state index in [1.54, 1.807) is 18.6 Å². The summed E-state index contributed by atoms with van der Waals surface area (Å²) in [6.07, 6.45) is 5.55. The fourth-order valence-electron chi connectivity index (χ4n) is 3.91. The van der Waals surface area contributed by atoms with Crippen LogP contribution in [0.5, 0.6) is 0 Å². The number of amides is 1. The lowest BCUT2D eigenvalue weighted by Gasteiger charge is -2.33. The van der Waals surface area contributed by atoms with Gasteiger partial charge in [0, 0.05) is 30.9 Å². The number of nitrogens with zero attached hydrogens (tertiary/aromatic N) is 3. The first-order chi connectivity index (χ1) is 12.8. The Morgan fingerprint density at radius 2 is 1.81 bits per heavy atom. The Bertz CT molecular complexity index is 896. The number of aromatic nitrogens is 2. The van der Waals surface area contributed by atoms with Gasteiger partial charge >= 0.3 is 0 Å². The Balaban J connectivity index is 1.78. The van der Waals surface area contributed by atoms with Crippen LogP contribution in [0.1, 0.15) is 40.0 Å². The molecule has 4 nitrogen and oxygen atoms in total. The van der Waals surface area contributed by atoms with Crippen LogP contribution in [0.4, 0.5) is 0 Å². The lowest BCUT2D eigenvalue weighted by atomic mass is 9.83. The summed E-state index contributed by atoms with van der Waals surface area (Å²) in [5, 5.41) is 0. The maximum absolute atomic E-state index is 13.1. The van der Waals surface area contributed by atoms with Gasteiger partial charge in [0.05, 0.1) is 6.20 Å². The topological polar surface area (TPSA) is 46.1 Å². The average Bonchev–Trinajstić information content (AvgIpc) is 2.85. The fourth-order valence-corrected chi connectivity index (χ4v) is 3.91. The van der Waals surface area contributed by atoms with Crippen molar-refractivity contribution in [1.29, 1.82) is 0 Å². The van der Waals surface area contributed by atoms with Crippen LogP contribution in [-0.4, -0.2) is 33.4 Å². The van der Waals surface area contributed by atoms with Crippen molar-refractivity contribution in [2.45, 2.75) is 25.3 Å². The van der Waals surface area contributed by atoms with Crippen molar-refractivity contribution in [2.24, 2.45) is 0 Å². The fraction of sp³-hybridized carbons (Fsp3) is 0.227. The molecule has 1 amide bonds. The highest BCUT2D eigenvalue weighted by molar-refractivity contribution is 5.92. The largest absolute Gasteiger partial charge is 0.333 e. The number of hydrogen-bond acceptors (Lipinski definition) is 3. The number of fused-ring (bicyclic) bond motifs is 1. The molecule has 130 valence electrons. The molecule has 1 aliphatic rings. The molecule has 4 rings (SSSR count). The lowest BCUT2D eigenvalue weighted by molar-refractivity contribution is 0.0681. The second-order valence-corrected chi connectivity index (χ2v) is 6.67. The van der Waals surface area contributed by atoms with Crippen LogP contribution in [0.25, 0.3) is 0 Å². The van der Waals surface area contributed by atoms with Gasteiger partial charge < -0.3 is 4.90 Å². The maximum atomic E-state index is 13.1. The van der Waals surface area contributed by atoms with Crippen molar-refractivity contribution >= 4 is 5.91 Å². The highest BCUT2D eigenvalue weighted by atomic mass is 16.2. The highest BCUT2D eigenvalue weighted by Crippen LogP contribution is 2.36. The molecule has 0 bridgehead atoms. The second kappa shape index (κ2) is 7.08. The Morgan fingerprint density at radius 3 is 2.58 bits per heavy atom. The zero-order valence-electron chi connectivity index (χ0n) is 14.7. The van der Waals surface area contributed by atoms with Gasteiger partial charge in [0.1, 0.15) is 5.69 Å². The van der Waals surface area contributed by atoms with Gasteiger partial charge in [0.15, 0.2) is 0 Å². The van der Waals surface area contributed by atoms with Gasteiger partial charge in [-0.15, -0.1) is 0 Å². The van der Waals surface area contributed by atoms with Crippen molar-refractivity contribution in [3.8, 4) is 0 Å². The molecule has 0 spiro atoms. The first-order valence-corrected chi connectivity index (χ1v) is 8.95. The zero-order chi connectivity index (χ0) is 17.9. The summed E-state index contributed by atoms with van der Waals surface area (Å²) in [4.78, 5) is 23.3. The van der Waals surface area contributed by atoms with Gasteiger partial charge in [-0.3, -0.25) is 9.78 Å². The molecular formula is C22H21N3O. The van der Waals surface area contributed by atoms with E-state index in [2.05, 4.69) is 65.4 Å². The predicted molar refractivity (Wildman–Crippen MR) is 101 cm³/mol. The summed E-state index contributed by atoms with van der Waals surface area (Å²) in [6.45, 7) is 2.81. The van der Waals surface area contributed by atoms with E-state index in [1.807, 2.05) is 11.0 Å². The van der Waals surface area contributed by atoms with Crippen molar-refractivity contribution in [3.05, 3.63) is 95.6 Å². The molecule has 0 aliphatic carbocycles. The summed E-state index contributed by atoms with van der Waals surface area (Å²) in [7, 11) is 0. The van der Waals surface area contributed by atoms with Crippen LogP contribution in [0, 0.1) is 0 Å². The van der Waals surface area contributed by atoms with Crippen LogP contribution in [0.2, 0.25) is 0 Å². The van der Waals surface area contributed by atoms with E-state index in [0.717, 1.165) is 6.42 Å². The monoisotopic (exact) mass is 343 g/mol. The minimum absolute atomic E-state index is 0.0237. The van der Waals surface area contributed by atoms with Crippen molar-refractivity contribution in [3.63, 3.8) is 0 Å². The van der Waals surface area contributed by atoms with Gasteiger partial charge in [0.2, 0.25) is 0 Å². The van der Waals surface area contributed by atoms with E-state index in [9.17, 15) is 4.79 Å². The van der Waals surface area contributed by atoms with E-state index < -0.39 is 0 Å². The summed E-state index contributed by atoms with van der Waals surface area (Å²) in [6, 6.07) is 19.0. The Hall–Kier alpha value is -3.01. The van der Waals surface area contributed by atoms with Crippen LogP contribution in [-0.2, 0) is 6.42 Å². The number of carbonyl (C=O) groups is 1. The first kappa shape index (κ1) is 16.5. The molecule has 2 aromatic carbocycles. The Kier molecular flexibility index (Phi) is 4.48. The molecular weight excluding hydrogens is 322 g/mol. The number of carbonyl (C=O) groups excluding carboxylic acids is 1. The molecule has 0 radical (unpaired) electrons. The summed E-state index contributed by atoms with van der Waals surface area (Å²) in [5.41, 5.74) is 4.24. The van der Waals surface area contributed by atoms with Crippen molar-refractivity contribution < 1.29 is 4.79 Å². The number of rotatable bonds is 2. The highest BCUT2D eigenvalue weighted by Gasteiger charge is 2.34. The molecule has 1 aliphatic heterocycles. The molecule has 0 N–H and O–H groups in total. The minimum Gasteiger partial charge on any atom is -0.333 e. The third kappa shape index (κ3) is 2.99. The third-order valence-electron chi connectivity index (χ3n) is 5.19. The van der Waals surface area contributed by atoms with Gasteiger partial charge in [-0.2, -0.15) is 0 Å². The summed E-state index contributed by atoms with van der Waals surface area (Å²) < 4.78 is 0.